The van der Waals surface area contributed by atoms with E-state index in [9.17, 15) is 9.90 Å². The molecule has 3 heterocycles. The number of nitrogens with one attached hydrogen (secondary N) is 1. The lowest BCUT2D eigenvalue weighted by Gasteiger charge is -2.16. The number of ether oxygens (including phenoxy) is 2. The molecular weight excluding hydrogens is 398 g/mol. The molecule has 1 aliphatic heterocycles. The fourth-order valence-corrected chi connectivity index (χ4v) is 4.08. The number of anilines is 1. The highest BCUT2D eigenvalue weighted by Crippen LogP contribution is 2.30. The van der Waals surface area contributed by atoms with Crippen molar-refractivity contribution in [1.82, 2.24) is 19.5 Å². The fraction of sp³-hybridized carbons (Fsp3) is 0.773. The number of fused-ring (bicyclic) bond motifs is 1. The quantitative estimate of drug-likeness (QED) is 0.388. The number of aromatic amines is 1. The summed E-state index contributed by atoms with van der Waals surface area (Å²) in [6.07, 6.45) is 13.2. The van der Waals surface area contributed by atoms with E-state index < -0.39 is 24.0 Å². The first-order valence-electron chi connectivity index (χ1n) is 11.7. The van der Waals surface area contributed by atoms with Crippen molar-refractivity contribution in [3.63, 3.8) is 0 Å². The summed E-state index contributed by atoms with van der Waals surface area (Å²) >= 11 is 0. The smallest absolute Gasteiger partial charge is 0.280 e. The topological polar surface area (TPSA) is 128 Å². The minimum absolute atomic E-state index is 0.0224. The molecule has 4 N–H and O–H groups in total. The van der Waals surface area contributed by atoms with Crippen LogP contribution >= 0.6 is 0 Å². The van der Waals surface area contributed by atoms with E-state index in [1.165, 1.54) is 64.1 Å². The highest BCUT2D eigenvalue weighted by atomic mass is 16.6. The number of nitrogens with zero attached hydrogens (tertiary/aromatic N) is 3. The highest BCUT2D eigenvalue weighted by molar-refractivity contribution is 5.70. The lowest BCUT2D eigenvalue weighted by molar-refractivity contribution is -0.0617. The molecule has 2 aromatic rings. The Morgan fingerprint density at radius 1 is 1.19 bits per heavy atom. The van der Waals surface area contributed by atoms with Crippen LogP contribution in [0.1, 0.15) is 83.8 Å². The van der Waals surface area contributed by atoms with Crippen molar-refractivity contribution in [2.24, 2.45) is 0 Å². The Morgan fingerprint density at radius 2 is 1.87 bits per heavy atom. The van der Waals surface area contributed by atoms with Gasteiger partial charge in [0.1, 0.15) is 12.3 Å². The zero-order chi connectivity index (χ0) is 22.1. The number of nitrogen functional groups attached to an aromatic ring is 1. The Hall–Kier alpha value is -1.97. The van der Waals surface area contributed by atoms with Crippen LogP contribution in [0.3, 0.4) is 0 Å². The molecule has 9 nitrogen and oxygen atoms in total. The average molecular weight is 436 g/mol. The molecule has 0 aromatic carbocycles. The van der Waals surface area contributed by atoms with Crippen LogP contribution in [-0.4, -0.2) is 50.0 Å². The second kappa shape index (κ2) is 12.2. The first-order valence-corrected chi connectivity index (χ1v) is 11.7. The summed E-state index contributed by atoms with van der Waals surface area (Å²) in [4.78, 5) is 22.6. The SMILES string of the molecule is CCCCCCCCCCCCOC[C@H]1O[C@@H](n2cnc3c(=O)[nH]c(N)nc32)C[C@@H]1O. The van der Waals surface area contributed by atoms with Crippen molar-refractivity contribution in [2.75, 3.05) is 18.9 Å². The molecule has 0 amide bonds. The second-order valence-electron chi connectivity index (χ2n) is 8.46. The summed E-state index contributed by atoms with van der Waals surface area (Å²) in [5.41, 5.74) is 5.81. The molecule has 2 aromatic heterocycles. The van der Waals surface area contributed by atoms with Crippen molar-refractivity contribution >= 4 is 17.1 Å². The zero-order valence-electron chi connectivity index (χ0n) is 18.6. The van der Waals surface area contributed by atoms with Gasteiger partial charge in [-0.15, -0.1) is 0 Å². The number of imidazole rings is 1. The monoisotopic (exact) mass is 435 g/mol. The predicted octanol–water partition coefficient (Wildman–Crippen LogP) is 3.29. The lowest BCUT2D eigenvalue weighted by Crippen LogP contribution is -2.26. The van der Waals surface area contributed by atoms with Gasteiger partial charge in [0.05, 0.1) is 19.0 Å². The fourth-order valence-electron chi connectivity index (χ4n) is 4.08. The summed E-state index contributed by atoms with van der Waals surface area (Å²) in [6, 6.07) is 0. The lowest BCUT2D eigenvalue weighted by atomic mass is 10.1. The number of unbranched alkanes of at least 4 members (excludes halogenated alkanes) is 9. The van der Waals surface area contributed by atoms with Gasteiger partial charge in [-0.1, -0.05) is 64.7 Å². The molecule has 0 aliphatic carbocycles. The molecule has 3 rings (SSSR count). The van der Waals surface area contributed by atoms with E-state index in [2.05, 4.69) is 21.9 Å². The zero-order valence-corrected chi connectivity index (χ0v) is 18.6. The predicted molar refractivity (Wildman–Crippen MR) is 120 cm³/mol. The van der Waals surface area contributed by atoms with Crippen molar-refractivity contribution < 1.29 is 14.6 Å². The number of H-pyrrole nitrogens is 1. The third-order valence-corrected chi connectivity index (χ3v) is 5.89. The van der Waals surface area contributed by atoms with Crippen molar-refractivity contribution in [3.8, 4) is 0 Å². The van der Waals surface area contributed by atoms with Crippen LogP contribution in [0.4, 0.5) is 5.95 Å². The Balaban J connectivity index is 1.32. The van der Waals surface area contributed by atoms with E-state index in [0.29, 0.717) is 25.3 Å². The minimum Gasteiger partial charge on any atom is -0.390 e. The molecule has 1 fully saturated rings. The van der Waals surface area contributed by atoms with E-state index in [1.807, 2.05) is 0 Å². The number of nitrogens with two attached hydrogens (primary N) is 1. The summed E-state index contributed by atoms with van der Waals surface area (Å²) in [5, 5.41) is 10.4. The van der Waals surface area contributed by atoms with Gasteiger partial charge in [-0.25, -0.2) is 4.98 Å². The molecule has 0 radical (unpaired) electrons. The molecule has 1 aliphatic rings. The van der Waals surface area contributed by atoms with Crippen LogP contribution < -0.4 is 11.3 Å². The van der Waals surface area contributed by atoms with E-state index in [1.54, 1.807) is 4.57 Å². The van der Waals surface area contributed by atoms with Gasteiger partial charge in [0, 0.05) is 13.0 Å². The molecule has 0 unspecified atom stereocenters. The van der Waals surface area contributed by atoms with Gasteiger partial charge >= 0.3 is 0 Å². The largest absolute Gasteiger partial charge is 0.390 e. The summed E-state index contributed by atoms with van der Waals surface area (Å²) in [5.74, 6) is 0.0224. The highest BCUT2D eigenvalue weighted by Gasteiger charge is 2.36. The van der Waals surface area contributed by atoms with E-state index in [0.717, 1.165) is 6.42 Å². The van der Waals surface area contributed by atoms with Crippen LogP contribution in [0, 0.1) is 0 Å². The molecule has 1 saturated heterocycles. The number of aliphatic hydroxyl groups is 1. The maximum absolute atomic E-state index is 11.9. The Kier molecular flexibility index (Phi) is 9.30. The van der Waals surface area contributed by atoms with Crippen molar-refractivity contribution in [2.45, 2.75) is 96.0 Å². The van der Waals surface area contributed by atoms with Gasteiger partial charge in [0.25, 0.3) is 5.56 Å². The molecule has 31 heavy (non-hydrogen) atoms. The second-order valence-corrected chi connectivity index (χ2v) is 8.46. The third kappa shape index (κ3) is 6.75. The maximum atomic E-state index is 11.9. The van der Waals surface area contributed by atoms with E-state index >= 15 is 0 Å². The van der Waals surface area contributed by atoms with Crippen LogP contribution in [-0.2, 0) is 9.47 Å². The molecular formula is C22H37N5O4. The molecule has 0 bridgehead atoms. The van der Waals surface area contributed by atoms with Gasteiger partial charge in [-0.3, -0.25) is 14.3 Å². The Bertz CT molecular complexity index is 852. The number of aromatic nitrogens is 4. The summed E-state index contributed by atoms with van der Waals surface area (Å²) < 4.78 is 13.4. The van der Waals surface area contributed by atoms with E-state index in [4.69, 9.17) is 15.2 Å². The van der Waals surface area contributed by atoms with Gasteiger partial charge in [0.2, 0.25) is 5.95 Å². The third-order valence-electron chi connectivity index (χ3n) is 5.89. The Morgan fingerprint density at radius 3 is 2.58 bits per heavy atom. The number of hydrogen-bond acceptors (Lipinski definition) is 7. The van der Waals surface area contributed by atoms with Gasteiger partial charge in [-0.2, -0.15) is 4.98 Å². The number of hydrogen-bond donors (Lipinski definition) is 3. The van der Waals surface area contributed by atoms with E-state index in [-0.39, 0.29) is 11.5 Å². The van der Waals surface area contributed by atoms with Crippen LogP contribution in [0.15, 0.2) is 11.1 Å². The molecule has 0 saturated carbocycles. The van der Waals surface area contributed by atoms with Crippen molar-refractivity contribution in [1.29, 1.82) is 0 Å². The normalized spacial score (nSPS) is 21.3. The maximum Gasteiger partial charge on any atom is 0.280 e. The van der Waals surface area contributed by atoms with Crippen LogP contribution in [0.5, 0.6) is 0 Å². The standard InChI is InChI=1S/C22H37N5O4/c1-2-3-4-5-6-7-8-9-10-11-12-30-14-17-16(28)13-18(31-17)27-15-24-19-20(27)25-22(23)26-21(19)29/h15-18,28H,2-14H2,1H3,(H3,23,25,26,29)/t16-,17+,18+/m0/s1. The van der Waals surface area contributed by atoms with Gasteiger partial charge in [-0.05, 0) is 6.42 Å². The van der Waals surface area contributed by atoms with Gasteiger partial charge in [0.15, 0.2) is 11.2 Å². The Labute approximate surface area is 183 Å². The molecule has 3 atom stereocenters. The molecule has 9 heteroatoms. The number of rotatable bonds is 14. The molecule has 0 spiro atoms. The molecule has 174 valence electrons. The number of aliphatic hydroxyl groups excluding tert-OH is 1. The summed E-state index contributed by atoms with van der Waals surface area (Å²) in [7, 11) is 0. The van der Waals surface area contributed by atoms with Crippen LogP contribution in [0.25, 0.3) is 11.2 Å². The average Bonchev–Trinajstić information content (AvgIpc) is 3.32. The van der Waals surface area contributed by atoms with Crippen molar-refractivity contribution in [3.05, 3.63) is 16.7 Å². The first kappa shape index (κ1) is 23.7. The van der Waals surface area contributed by atoms with Crippen LogP contribution in [0.2, 0.25) is 0 Å². The van der Waals surface area contributed by atoms with Gasteiger partial charge < -0.3 is 20.3 Å². The summed E-state index contributed by atoms with van der Waals surface area (Å²) in [6.45, 7) is 3.27. The minimum atomic E-state index is -0.644. The first-order chi connectivity index (χ1) is 15.1.